The number of amides is 1. The molecular formula is C19H20BrNO3. The van der Waals surface area contributed by atoms with Crippen molar-refractivity contribution in [1.29, 1.82) is 0 Å². The number of hydrogen-bond acceptors (Lipinski definition) is 3. The summed E-state index contributed by atoms with van der Waals surface area (Å²) in [5.41, 5.74) is 3.03. The van der Waals surface area contributed by atoms with Crippen LogP contribution in [0.3, 0.4) is 0 Å². The highest BCUT2D eigenvalue weighted by Crippen LogP contribution is 2.42. The Labute approximate surface area is 150 Å². The van der Waals surface area contributed by atoms with E-state index >= 15 is 0 Å². The summed E-state index contributed by atoms with van der Waals surface area (Å²) in [5.74, 6) is 1.30. The second-order valence-corrected chi connectivity index (χ2v) is 6.61. The zero-order chi connectivity index (χ0) is 17.3. The number of hydrogen-bond donors (Lipinski definition) is 0. The molecule has 0 fully saturated rings. The lowest BCUT2D eigenvalue weighted by molar-refractivity contribution is -0.119. The van der Waals surface area contributed by atoms with Crippen molar-refractivity contribution in [3.63, 3.8) is 0 Å². The monoisotopic (exact) mass is 389 g/mol. The smallest absolute Gasteiger partial charge is 0.234 e. The van der Waals surface area contributed by atoms with Gasteiger partial charge >= 0.3 is 0 Å². The van der Waals surface area contributed by atoms with E-state index in [0.717, 1.165) is 21.3 Å². The van der Waals surface area contributed by atoms with E-state index < -0.39 is 0 Å². The normalized spacial score (nSPS) is 16.2. The van der Waals surface area contributed by atoms with Gasteiger partial charge in [-0.2, -0.15) is 0 Å². The van der Waals surface area contributed by atoms with Crippen LogP contribution in [0.2, 0.25) is 0 Å². The molecule has 126 valence electrons. The highest BCUT2D eigenvalue weighted by molar-refractivity contribution is 9.10. The molecule has 1 aliphatic heterocycles. The predicted molar refractivity (Wildman–Crippen MR) is 98.2 cm³/mol. The molecule has 5 heteroatoms. The summed E-state index contributed by atoms with van der Waals surface area (Å²) < 4.78 is 11.9. The van der Waals surface area contributed by atoms with Gasteiger partial charge in [-0.25, -0.2) is 0 Å². The molecule has 0 radical (unpaired) electrons. The second-order valence-electron chi connectivity index (χ2n) is 5.69. The van der Waals surface area contributed by atoms with Gasteiger partial charge in [-0.1, -0.05) is 28.1 Å². The highest BCUT2D eigenvalue weighted by Gasteiger charge is 2.37. The number of halogens is 1. The van der Waals surface area contributed by atoms with E-state index in [0.29, 0.717) is 24.5 Å². The van der Waals surface area contributed by atoms with E-state index in [1.807, 2.05) is 48.2 Å². The number of anilines is 1. The van der Waals surface area contributed by atoms with Gasteiger partial charge in [0.25, 0.3) is 0 Å². The average molecular weight is 390 g/mol. The molecule has 24 heavy (non-hydrogen) atoms. The molecule has 0 aromatic heterocycles. The number of benzene rings is 2. The molecule has 0 N–H and O–H groups in total. The predicted octanol–water partition coefficient (Wildman–Crippen LogP) is 4.16. The number of fused-ring (bicyclic) bond motifs is 1. The van der Waals surface area contributed by atoms with Gasteiger partial charge in [0, 0.05) is 16.7 Å². The van der Waals surface area contributed by atoms with Crippen LogP contribution in [0.4, 0.5) is 5.69 Å². The first-order valence-electron chi connectivity index (χ1n) is 7.91. The minimum Gasteiger partial charge on any atom is -0.493 e. The second kappa shape index (κ2) is 6.85. The lowest BCUT2D eigenvalue weighted by Gasteiger charge is -2.17. The summed E-state index contributed by atoms with van der Waals surface area (Å²) in [6, 6.07) is 11.8. The van der Waals surface area contributed by atoms with Crippen LogP contribution in [0.15, 0.2) is 40.9 Å². The molecule has 2 aromatic carbocycles. The first-order chi connectivity index (χ1) is 11.6. The van der Waals surface area contributed by atoms with Crippen LogP contribution in [0.25, 0.3) is 0 Å². The molecule has 0 bridgehead atoms. The van der Waals surface area contributed by atoms with E-state index in [4.69, 9.17) is 9.47 Å². The van der Waals surface area contributed by atoms with Crippen molar-refractivity contribution in [2.45, 2.75) is 19.3 Å². The Balaban J connectivity index is 2.02. The molecule has 0 unspecified atom stereocenters. The van der Waals surface area contributed by atoms with Gasteiger partial charge in [-0.3, -0.25) is 4.79 Å². The summed E-state index contributed by atoms with van der Waals surface area (Å²) >= 11 is 3.52. The highest BCUT2D eigenvalue weighted by atomic mass is 79.9. The molecule has 1 atom stereocenters. The Morgan fingerprint density at radius 1 is 1.17 bits per heavy atom. The lowest BCUT2D eigenvalue weighted by Crippen LogP contribution is -2.29. The largest absolute Gasteiger partial charge is 0.493 e. The van der Waals surface area contributed by atoms with Crippen molar-refractivity contribution in [3.05, 3.63) is 52.0 Å². The quantitative estimate of drug-likeness (QED) is 0.770. The first kappa shape index (κ1) is 16.8. The Hall–Kier alpha value is -2.01. The third-order valence-electron chi connectivity index (χ3n) is 4.44. The molecule has 4 nitrogen and oxygen atoms in total. The van der Waals surface area contributed by atoms with Crippen molar-refractivity contribution in [3.8, 4) is 11.5 Å². The molecule has 3 rings (SSSR count). The van der Waals surface area contributed by atoms with Crippen molar-refractivity contribution in [1.82, 2.24) is 0 Å². The molecular weight excluding hydrogens is 370 g/mol. The fourth-order valence-corrected chi connectivity index (χ4v) is 3.73. The van der Waals surface area contributed by atoms with E-state index in [1.54, 1.807) is 14.2 Å². The Morgan fingerprint density at radius 2 is 1.96 bits per heavy atom. The number of likely N-dealkylation sites (N-methyl/N-ethyl adjacent to an activating group) is 1. The lowest BCUT2D eigenvalue weighted by atomic mass is 9.92. The standard InChI is InChI=1S/C19H20BrNO3/c1-4-21-16-9-8-13(20)11-14(16)15(19(21)22)10-12-6-5-7-17(23-2)18(12)24-3/h5-9,11,15H,4,10H2,1-3H3/t15-/m0/s1. The number of carbonyl (C=O) groups is 1. The van der Waals surface area contributed by atoms with E-state index in [-0.39, 0.29) is 11.8 Å². The summed E-state index contributed by atoms with van der Waals surface area (Å²) in [6.07, 6.45) is 0.583. The summed E-state index contributed by atoms with van der Waals surface area (Å²) in [5, 5.41) is 0. The number of methoxy groups -OCH3 is 2. The summed E-state index contributed by atoms with van der Waals surface area (Å²) in [6.45, 7) is 2.66. The molecule has 0 spiro atoms. The van der Waals surface area contributed by atoms with Crippen molar-refractivity contribution in [2.24, 2.45) is 0 Å². The maximum absolute atomic E-state index is 12.9. The van der Waals surface area contributed by atoms with Crippen molar-refractivity contribution < 1.29 is 14.3 Å². The van der Waals surface area contributed by atoms with Gasteiger partial charge in [0.15, 0.2) is 11.5 Å². The van der Waals surface area contributed by atoms with Crippen LogP contribution in [-0.2, 0) is 11.2 Å². The van der Waals surface area contributed by atoms with E-state index in [2.05, 4.69) is 15.9 Å². The molecule has 0 aliphatic carbocycles. The number of ether oxygens (including phenoxy) is 2. The topological polar surface area (TPSA) is 38.8 Å². The van der Waals surface area contributed by atoms with Crippen LogP contribution < -0.4 is 14.4 Å². The van der Waals surface area contributed by atoms with Crippen molar-refractivity contribution >= 4 is 27.5 Å². The van der Waals surface area contributed by atoms with Crippen LogP contribution in [0, 0.1) is 0 Å². The third kappa shape index (κ3) is 2.77. The molecule has 1 heterocycles. The van der Waals surface area contributed by atoms with E-state index in [1.165, 1.54) is 0 Å². The van der Waals surface area contributed by atoms with Gasteiger partial charge in [-0.15, -0.1) is 0 Å². The van der Waals surface area contributed by atoms with Crippen LogP contribution in [-0.4, -0.2) is 26.7 Å². The molecule has 1 aliphatic rings. The van der Waals surface area contributed by atoms with Crippen LogP contribution in [0.1, 0.15) is 24.0 Å². The number of carbonyl (C=O) groups excluding carboxylic acids is 1. The van der Waals surface area contributed by atoms with Gasteiger partial charge in [0.05, 0.1) is 20.1 Å². The molecule has 2 aromatic rings. The summed E-state index contributed by atoms with van der Waals surface area (Å²) in [4.78, 5) is 14.7. The van der Waals surface area contributed by atoms with Crippen LogP contribution in [0.5, 0.6) is 11.5 Å². The fourth-order valence-electron chi connectivity index (χ4n) is 3.35. The maximum Gasteiger partial charge on any atom is 0.234 e. The SMILES string of the molecule is CCN1C(=O)[C@@H](Cc2cccc(OC)c2OC)c2cc(Br)ccc21. The van der Waals surface area contributed by atoms with Crippen molar-refractivity contribution in [2.75, 3.05) is 25.7 Å². The zero-order valence-electron chi connectivity index (χ0n) is 14.0. The molecule has 0 saturated heterocycles. The van der Waals surface area contributed by atoms with Crippen LogP contribution >= 0.6 is 15.9 Å². The minimum absolute atomic E-state index is 0.135. The number of nitrogens with zero attached hydrogens (tertiary/aromatic N) is 1. The molecule has 0 saturated carbocycles. The Morgan fingerprint density at radius 3 is 2.62 bits per heavy atom. The zero-order valence-corrected chi connectivity index (χ0v) is 15.6. The van der Waals surface area contributed by atoms with Gasteiger partial charge in [0.2, 0.25) is 5.91 Å². The first-order valence-corrected chi connectivity index (χ1v) is 8.70. The number of rotatable bonds is 5. The number of para-hydroxylation sites is 1. The molecule has 1 amide bonds. The van der Waals surface area contributed by atoms with E-state index in [9.17, 15) is 4.79 Å². The summed E-state index contributed by atoms with van der Waals surface area (Å²) in [7, 11) is 3.24. The van der Waals surface area contributed by atoms with Gasteiger partial charge in [-0.05, 0) is 48.7 Å². The Bertz CT molecular complexity index is 775. The fraction of sp³-hybridized carbons (Fsp3) is 0.316. The third-order valence-corrected chi connectivity index (χ3v) is 4.94. The van der Waals surface area contributed by atoms with Gasteiger partial charge in [0.1, 0.15) is 0 Å². The average Bonchev–Trinajstić information content (AvgIpc) is 2.85. The Kier molecular flexibility index (Phi) is 4.81. The van der Waals surface area contributed by atoms with Gasteiger partial charge < -0.3 is 14.4 Å². The minimum atomic E-state index is -0.210. The maximum atomic E-state index is 12.9.